The van der Waals surface area contributed by atoms with E-state index in [-0.39, 0.29) is 0 Å². The van der Waals surface area contributed by atoms with Crippen molar-refractivity contribution in [2.75, 3.05) is 19.7 Å². The minimum absolute atomic E-state index is 0.399. The van der Waals surface area contributed by atoms with Gasteiger partial charge in [-0.1, -0.05) is 24.6 Å². The maximum atomic E-state index is 6.24. The fourth-order valence-corrected chi connectivity index (χ4v) is 3.68. The van der Waals surface area contributed by atoms with Crippen molar-refractivity contribution in [3.63, 3.8) is 0 Å². The van der Waals surface area contributed by atoms with Crippen molar-refractivity contribution in [1.29, 1.82) is 0 Å². The van der Waals surface area contributed by atoms with E-state index in [0.29, 0.717) is 11.3 Å². The van der Waals surface area contributed by atoms with Crippen LogP contribution in [-0.2, 0) is 0 Å². The first kappa shape index (κ1) is 13.3. The van der Waals surface area contributed by atoms with E-state index in [1.54, 1.807) is 0 Å². The quantitative estimate of drug-likeness (QED) is 0.851. The molecule has 0 amide bonds. The molecule has 1 saturated carbocycles. The third-order valence-corrected chi connectivity index (χ3v) is 4.74. The lowest BCUT2D eigenvalue weighted by Crippen LogP contribution is -2.30. The Balaban J connectivity index is 1.46. The van der Waals surface area contributed by atoms with Crippen LogP contribution in [0.5, 0.6) is 5.75 Å². The van der Waals surface area contributed by atoms with Crippen molar-refractivity contribution < 1.29 is 4.74 Å². The maximum Gasteiger partial charge on any atom is 0.122 e. The Morgan fingerprint density at radius 1 is 1.21 bits per heavy atom. The molecule has 0 aromatic heterocycles. The van der Waals surface area contributed by atoms with Crippen molar-refractivity contribution in [1.82, 2.24) is 5.32 Å². The van der Waals surface area contributed by atoms with Crippen molar-refractivity contribution in [2.45, 2.75) is 37.0 Å². The Kier molecular flexibility index (Phi) is 4.29. The normalized spacial score (nSPS) is 29.8. The molecule has 0 spiro atoms. The van der Waals surface area contributed by atoms with Gasteiger partial charge in [0.25, 0.3) is 0 Å². The van der Waals surface area contributed by atoms with E-state index in [9.17, 15) is 0 Å². The zero-order chi connectivity index (χ0) is 13.1. The van der Waals surface area contributed by atoms with Gasteiger partial charge in [0.15, 0.2) is 0 Å². The van der Waals surface area contributed by atoms with Crippen LogP contribution in [0.3, 0.4) is 0 Å². The first-order valence-corrected chi connectivity index (χ1v) is 7.83. The number of alkyl halides is 1. The molecular formula is C16H22ClNO. The molecule has 1 aromatic rings. The molecule has 0 bridgehead atoms. The second-order valence-corrected chi connectivity index (χ2v) is 6.45. The number of benzene rings is 1. The average Bonchev–Trinajstić information content (AvgIpc) is 2.83. The highest BCUT2D eigenvalue weighted by Crippen LogP contribution is 2.33. The molecule has 0 radical (unpaired) electrons. The van der Waals surface area contributed by atoms with Crippen LogP contribution in [0, 0.1) is 5.92 Å². The van der Waals surface area contributed by atoms with Crippen LogP contribution < -0.4 is 10.1 Å². The zero-order valence-electron chi connectivity index (χ0n) is 11.3. The number of halogens is 1. The molecule has 1 heterocycles. The summed E-state index contributed by atoms with van der Waals surface area (Å²) in [5.74, 6) is 2.33. The Morgan fingerprint density at radius 3 is 3.00 bits per heavy atom. The fraction of sp³-hybridized carbons (Fsp3) is 0.625. The maximum absolute atomic E-state index is 6.24. The van der Waals surface area contributed by atoms with Gasteiger partial charge in [-0.2, -0.15) is 0 Å². The van der Waals surface area contributed by atoms with E-state index in [4.69, 9.17) is 16.3 Å². The highest BCUT2D eigenvalue weighted by atomic mass is 35.5. The first-order valence-electron chi connectivity index (χ1n) is 7.39. The Bertz CT molecular complexity index is 423. The van der Waals surface area contributed by atoms with E-state index in [1.165, 1.54) is 31.2 Å². The van der Waals surface area contributed by atoms with Crippen molar-refractivity contribution in [3.8, 4) is 5.75 Å². The van der Waals surface area contributed by atoms with Crippen LogP contribution in [0.4, 0.5) is 0 Å². The molecule has 1 aliphatic heterocycles. The van der Waals surface area contributed by atoms with Gasteiger partial charge in [-0.3, -0.25) is 0 Å². The summed E-state index contributed by atoms with van der Waals surface area (Å²) in [4.78, 5) is 0. The number of hydrogen-bond donors (Lipinski definition) is 1. The molecule has 3 heteroatoms. The molecule has 1 aliphatic carbocycles. The molecule has 3 atom stereocenters. The predicted molar refractivity (Wildman–Crippen MR) is 79.1 cm³/mol. The van der Waals surface area contributed by atoms with E-state index in [0.717, 1.165) is 31.4 Å². The Hall–Kier alpha value is -0.730. The summed E-state index contributed by atoms with van der Waals surface area (Å²) < 4.78 is 5.71. The van der Waals surface area contributed by atoms with Crippen molar-refractivity contribution >= 4 is 11.6 Å². The molecule has 1 aromatic carbocycles. The monoisotopic (exact) mass is 279 g/mol. The van der Waals surface area contributed by atoms with E-state index >= 15 is 0 Å². The van der Waals surface area contributed by atoms with Gasteiger partial charge < -0.3 is 10.1 Å². The molecule has 1 N–H and O–H groups in total. The van der Waals surface area contributed by atoms with Crippen LogP contribution in [0.1, 0.15) is 37.2 Å². The lowest BCUT2D eigenvalue weighted by molar-refractivity contribution is 0.312. The standard InChI is InChI=1S/C16H22ClNO/c17-14-5-3-4-12(8-14)9-18-10-13-11-19-16-7-2-1-6-15(13)16/h1-2,6-7,12-14,18H,3-5,8-11H2. The molecule has 3 rings (SSSR count). The largest absolute Gasteiger partial charge is 0.493 e. The minimum Gasteiger partial charge on any atom is -0.493 e. The van der Waals surface area contributed by atoms with Crippen LogP contribution in [0.15, 0.2) is 24.3 Å². The summed E-state index contributed by atoms with van der Waals surface area (Å²) in [6.07, 6.45) is 4.98. The van der Waals surface area contributed by atoms with E-state index in [2.05, 4.69) is 23.5 Å². The van der Waals surface area contributed by atoms with Gasteiger partial charge in [0.1, 0.15) is 5.75 Å². The number of para-hydroxylation sites is 1. The topological polar surface area (TPSA) is 21.3 Å². The molecule has 1 fully saturated rings. The SMILES string of the molecule is ClC1CCCC(CNCC2COc3ccccc32)C1. The Labute approximate surface area is 120 Å². The lowest BCUT2D eigenvalue weighted by Gasteiger charge is -2.26. The summed E-state index contributed by atoms with van der Waals surface area (Å²) in [5, 5.41) is 4.02. The molecule has 0 saturated heterocycles. The van der Waals surface area contributed by atoms with Gasteiger partial charge in [0, 0.05) is 23.4 Å². The summed E-state index contributed by atoms with van der Waals surface area (Å²) in [5.41, 5.74) is 1.36. The second kappa shape index (κ2) is 6.15. The van der Waals surface area contributed by atoms with Crippen molar-refractivity contribution in [3.05, 3.63) is 29.8 Å². The van der Waals surface area contributed by atoms with Crippen molar-refractivity contribution in [2.24, 2.45) is 5.92 Å². The molecular weight excluding hydrogens is 258 g/mol. The van der Waals surface area contributed by atoms with Crippen LogP contribution in [0.2, 0.25) is 0 Å². The van der Waals surface area contributed by atoms with Crippen LogP contribution >= 0.6 is 11.6 Å². The summed E-state index contributed by atoms with van der Waals surface area (Å²) >= 11 is 6.24. The highest BCUT2D eigenvalue weighted by molar-refractivity contribution is 6.20. The fourth-order valence-electron chi connectivity index (χ4n) is 3.27. The summed E-state index contributed by atoms with van der Waals surface area (Å²) in [6, 6.07) is 8.38. The summed E-state index contributed by atoms with van der Waals surface area (Å²) in [6.45, 7) is 2.93. The summed E-state index contributed by atoms with van der Waals surface area (Å²) in [7, 11) is 0. The van der Waals surface area contributed by atoms with Gasteiger partial charge in [-0.05, 0) is 37.8 Å². The Morgan fingerprint density at radius 2 is 2.11 bits per heavy atom. The van der Waals surface area contributed by atoms with Crippen LogP contribution in [0.25, 0.3) is 0 Å². The number of nitrogens with one attached hydrogen (secondary N) is 1. The van der Waals surface area contributed by atoms with Gasteiger partial charge in [-0.25, -0.2) is 0 Å². The second-order valence-electron chi connectivity index (χ2n) is 5.83. The van der Waals surface area contributed by atoms with Gasteiger partial charge in [0.05, 0.1) is 6.61 Å². The third-order valence-electron chi connectivity index (χ3n) is 4.34. The molecule has 2 aliphatic rings. The van der Waals surface area contributed by atoms with Gasteiger partial charge >= 0.3 is 0 Å². The van der Waals surface area contributed by atoms with E-state index < -0.39 is 0 Å². The molecule has 2 nitrogen and oxygen atoms in total. The molecule has 19 heavy (non-hydrogen) atoms. The lowest BCUT2D eigenvalue weighted by atomic mass is 9.89. The van der Waals surface area contributed by atoms with E-state index in [1.807, 2.05) is 6.07 Å². The molecule has 104 valence electrons. The predicted octanol–water partition coefficient (Wildman–Crippen LogP) is 3.55. The smallest absolute Gasteiger partial charge is 0.122 e. The number of hydrogen-bond acceptors (Lipinski definition) is 2. The average molecular weight is 280 g/mol. The van der Waals surface area contributed by atoms with Gasteiger partial charge in [0.2, 0.25) is 0 Å². The number of rotatable bonds is 4. The highest BCUT2D eigenvalue weighted by Gasteiger charge is 2.24. The zero-order valence-corrected chi connectivity index (χ0v) is 12.0. The number of ether oxygens (including phenoxy) is 1. The minimum atomic E-state index is 0.399. The number of fused-ring (bicyclic) bond motifs is 1. The first-order chi connectivity index (χ1) is 9.33. The van der Waals surface area contributed by atoms with Crippen LogP contribution in [-0.4, -0.2) is 25.1 Å². The molecule has 3 unspecified atom stereocenters. The third kappa shape index (κ3) is 3.24. The van der Waals surface area contributed by atoms with Gasteiger partial charge in [-0.15, -0.1) is 11.6 Å².